The van der Waals surface area contributed by atoms with Crippen LogP contribution in [0.15, 0.2) is 0 Å². The first-order chi connectivity index (χ1) is 5.40. The van der Waals surface area contributed by atoms with E-state index in [0.29, 0.717) is 0 Å². The maximum Gasteiger partial charge on any atom is 0.269 e. The van der Waals surface area contributed by atoms with Crippen molar-refractivity contribution in [3.8, 4) is 0 Å². The molecule has 3 heteroatoms. The van der Waals surface area contributed by atoms with Gasteiger partial charge in [0, 0.05) is 5.41 Å². The molecule has 0 fully saturated rings. The minimum atomic E-state index is -2.85. The van der Waals surface area contributed by atoms with E-state index in [1.807, 2.05) is 0 Å². The van der Waals surface area contributed by atoms with Gasteiger partial charge in [0.05, 0.1) is 0 Å². The molecule has 0 saturated heterocycles. The second-order valence-corrected chi connectivity index (χ2v) is 6.04. The van der Waals surface area contributed by atoms with E-state index in [0.717, 1.165) is 0 Å². The van der Waals surface area contributed by atoms with Gasteiger partial charge in [0.15, 0.2) is 0 Å². The van der Waals surface area contributed by atoms with Gasteiger partial charge in [-0.05, 0) is 5.41 Å². The summed E-state index contributed by atoms with van der Waals surface area (Å²) < 4.78 is 27.4. The Bertz CT molecular complexity index is 174. The van der Waals surface area contributed by atoms with Crippen molar-refractivity contribution in [1.29, 1.82) is 0 Å². The van der Waals surface area contributed by atoms with E-state index >= 15 is 0 Å². The monoisotopic (exact) mass is 212 g/mol. The minimum Gasteiger partial charge on any atom is -0.205 e. The maximum atomic E-state index is 13.7. The lowest BCUT2D eigenvalue weighted by molar-refractivity contribution is -0.117. The molecule has 1 unspecified atom stereocenters. The van der Waals surface area contributed by atoms with Crippen LogP contribution in [0.3, 0.4) is 0 Å². The number of hydrogen-bond acceptors (Lipinski definition) is 0. The molecule has 0 radical (unpaired) electrons. The Balaban J connectivity index is 4.86. The molecule has 0 saturated carbocycles. The Hall–Kier alpha value is 0.150. The Morgan fingerprint density at radius 3 is 1.31 bits per heavy atom. The summed E-state index contributed by atoms with van der Waals surface area (Å²) in [6.07, 6.45) is 0. The second kappa shape index (κ2) is 3.38. The molecule has 13 heavy (non-hydrogen) atoms. The van der Waals surface area contributed by atoms with Crippen molar-refractivity contribution in [2.75, 3.05) is 0 Å². The first-order valence-electron chi connectivity index (χ1n) is 4.42. The highest BCUT2D eigenvalue weighted by Gasteiger charge is 2.53. The smallest absolute Gasteiger partial charge is 0.205 e. The molecule has 0 aromatic heterocycles. The van der Waals surface area contributed by atoms with Gasteiger partial charge in [0.2, 0.25) is 0 Å². The third-order valence-corrected chi connectivity index (χ3v) is 3.01. The van der Waals surface area contributed by atoms with Crippen molar-refractivity contribution in [3.63, 3.8) is 0 Å². The van der Waals surface area contributed by atoms with Gasteiger partial charge in [0.1, 0.15) is 5.38 Å². The molecule has 0 amide bonds. The standard InChI is InChI=1S/C10H19ClF2/c1-8(2,3)7(11)10(12,13)9(4,5)6/h7H,1-6H3. The van der Waals surface area contributed by atoms with Crippen molar-refractivity contribution >= 4 is 11.6 Å². The van der Waals surface area contributed by atoms with Crippen LogP contribution in [0.5, 0.6) is 0 Å². The summed E-state index contributed by atoms with van der Waals surface area (Å²) in [5, 5.41) is -1.14. The lowest BCUT2D eigenvalue weighted by atomic mass is 9.77. The van der Waals surface area contributed by atoms with Crippen LogP contribution in [0.4, 0.5) is 8.78 Å². The van der Waals surface area contributed by atoms with Crippen molar-refractivity contribution < 1.29 is 8.78 Å². The summed E-state index contributed by atoms with van der Waals surface area (Å²) in [7, 11) is 0. The fourth-order valence-corrected chi connectivity index (χ4v) is 1.25. The summed E-state index contributed by atoms with van der Waals surface area (Å²) in [6, 6.07) is 0. The first kappa shape index (κ1) is 13.2. The topological polar surface area (TPSA) is 0 Å². The van der Waals surface area contributed by atoms with Crippen LogP contribution >= 0.6 is 11.6 Å². The highest BCUT2D eigenvalue weighted by Crippen LogP contribution is 2.46. The fraction of sp³-hybridized carbons (Fsp3) is 1.00. The van der Waals surface area contributed by atoms with E-state index in [9.17, 15) is 8.78 Å². The number of halogens is 3. The molecule has 0 aliphatic rings. The molecule has 1 atom stereocenters. The molecule has 0 aromatic carbocycles. The predicted molar refractivity (Wildman–Crippen MR) is 53.5 cm³/mol. The van der Waals surface area contributed by atoms with E-state index in [4.69, 9.17) is 11.6 Å². The second-order valence-electron chi connectivity index (χ2n) is 5.60. The molecule has 0 N–H and O–H groups in total. The van der Waals surface area contributed by atoms with Gasteiger partial charge in [-0.15, -0.1) is 11.6 Å². The summed E-state index contributed by atoms with van der Waals surface area (Å²) >= 11 is 5.78. The van der Waals surface area contributed by atoms with E-state index < -0.39 is 22.1 Å². The third kappa shape index (κ3) is 2.80. The zero-order chi connectivity index (χ0) is 11.1. The van der Waals surface area contributed by atoms with E-state index in [2.05, 4.69) is 0 Å². The maximum absolute atomic E-state index is 13.7. The molecule has 80 valence electrons. The van der Waals surface area contributed by atoms with E-state index in [-0.39, 0.29) is 0 Å². The van der Waals surface area contributed by atoms with Crippen LogP contribution in [-0.4, -0.2) is 11.3 Å². The largest absolute Gasteiger partial charge is 0.269 e. The molecule has 0 aliphatic carbocycles. The molecule has 0 heterocycles. The molecule has 0 aromatic rings. The average molecular weight is 213 g/mol. The Kier molecular flexibility index (Phi) is 3.42. The Morgan fingerprint density at radius 2 is 1.23 bits per heavy atom. The Labute approximate surface area is 84.7 Å². The van der Waals surface area contributed by atoms with Gasteiger partial charge in [-0.3, -0.25) is 0 Å². The van der Waals surface area contributed by atoms with Crippen LogP contribution in [0, 0.1) is 10.8 Å². The zero-order valence-electron chi connectivity index (χ0n) is 9.21. The minimum absolute atomic E-state index is 0.585. The van der Waals surface area contributed by atoms with Crippen molar-refractivity contribution in [1.82, 2.24) is 0 Å². The quantitative estimate of drug-likeness (QED) is 0.568. The van der Waals surface area contributed by atoms with Crippen molar-refractivity contribution in [3.05, 3.63) is 0 Å². The summed E-state index contributed by atoms with van der Waals surface area (Å²) in [6.45, 7) is 9.70. The first-order valence-corrected chi connectivity index (χ1v) is 4.86. The molecule has 0 nitrogen and oxygen atoms in total. The normalized spacial score (nSPS) is 17.3. The predicted octanol–water partition coefficient (Wildman–Crippen LogP) is 4.32. The SMILES string of the molecule is CC(C)(C)C(Cl)C(F)(F)C(C)(C)C. The van der Waals surface area contributed by atoms with Gasteiger partial charge in [-0.2, -0.15) is 0 Å². The molecular weight excluding hydrogens is 194 g/mol. The number of alkyl halides is 3. The van der Waals surface area contributed by atoms with Gasteiger partial charge < -0.3 is 0 Å². The molecule has 0 bridgehead atoms. The van der Waals surface area contributed by atoms with E-state index in [1.54, 1.807) is 20.8 Å². The number of hydrogen-bond donors (Lipinski definition) is 0. The third-order valence-electron chi connectivity index (χ3n) is 2.08. The highest BCUT2D eigenvalue weighted by atomic mass is 35.5. The van der Waals surface area contributed by atoms with Gasteiger partial charge in [-0.25, -0.2) is 8.78 Å². The van der Waals surface area contributed by atoms with Crippen LogP contribution in [-0.2, 0) is 0 Å². The molecular formula is C10H19ClF2. The average Bonchev–Trinajstić information content (AvgIpc) is 1.81. The van der Waals surface area contributed by atoms with Crippen LogP contribution in [0.1, 0.15) is 41.5 Å². The molecule has 0 rings (SSSR count). The molecule has 0 aliphatic heterocycles. The van der Waals surface area contributed by atoms with Crippen molar-refractivity contribution in [2.45, 2.75) is 52.8 Å². The lowest BCUT2D eigenvalue weighted by Crippen LogP contribution is -2.48. The van der Waals surface area contributed by atoms with Gasteiger partial charge in [-0.1, -0.05) is 41.5 Å². The van der Waals surface area contributed by atoms with Gasteiger partial charge in [0.25, 0.3) is 5.92 Å². The zero-order valence-corrected chi connectivity index (χ0v) is 9.97. The van der Waals surface area contributed by atoms with Gasteiger partial charge >= 0.3 is 0 Å². The van der Waals surface area contributed by atoms with Crippen molar-refractivity contribution in [2.24, 2.45) is 10.8 Å². The number of rotatable bonds is 1. The Morgan fingerprint density at radius 1 is 0.923 bits per heavy atom. The van der Waals surface area contributed by atoms with Crippen LogP contribution in [0.2, 0.25) is 0 Å². The van der Waals surface area contributed by atoms with Crippen LogP contribution < -0.4 is 0 Å². The summed E-state index contributed by atoms with van der Waals surface area (Å²) in [5.41, 5.74) is -1.68. The molecule has 0 spiro atoms. The van der Waals surface area contributed by atoms with E-state index in [1.165, 1.54) is 20.8 Å². The summed E-state index contributed by atoms with van der Waals surface area (Å²) in [5.74, 6) is -2.85. The lowest BCUT2D eigenvalue weighted by Gasteiger charge is -2.39. The summed E-state index contributed by atoms with van der Waals surface area (Å²) in [4.78, 5) is 0. The van der Waals surface area contributed by atoms with Crippen LogP contribution in [0.25, 0.3) is 0 Å². The fourth-order valence-electron chi connectivity index (χ4n) is 0.924. The highest BCUT2D eigenvalue weighted by molar-refractivity contribution is 6.21.